The number of rotatable bonds is 3. The zero-order valence-corrected chi connectivity index (χ0v) is 14.7. The van der Waals surface area contributed by atoms with Crippen molar-refractivity contribution in [3.8, 4) is 0 Å². The topological polar surface area (TPSA) is 75.2 Å². The van der Waals surface area contributed by atoms with E-state index in [4.69, 9.17) is 0 Å². The van der Waals surface area contributed by atoms with Crippen LogP contribution in [0, 0.1) is 0 Å². The van der Waals surface area contributed by atoms with E-state index >= 15 is 0 Å². The Balaban J connectivity index is 0.000000301. The van der Waals surface area contributed by atoms with E-state index in [2.05, 4.69) is 82.0 Å². The summed E-state index contributed by atoms with van der Waals surface area (Å²) in [7, 11) is 0.675. The summed E-state index contributed by atoms with van der Waals surface area (Å²) >= 11 is 0. The van der Waals surface area contributed by atoms with E-state index in [9.17, 15) is 13.0 Å². The van der Waals surface area contributed by atoms with Crippen LogP contribution in [0.25, 0.3) is 11.0 Å². The highest BCUT2D eigenvalue weighted by Crippen LogP contribution is 2.14. The molecule has 128 valence electrons. The Hall–Kier alpha value is -2.22. The van der Waals surface area contributed by atoms with Crippen LogP contribution in [0.2, 0.25) is 0 Å². The molecule has 6 nitrogen and oxygen atoms in total. The maximum absolute atomic E-state index is 9.22. The summed E-state index contributed by atoms with van der Waals surface area (Å²) in [5, 5.41) is 0. The number of para-hydroxylation sites is 2. The fourth-order valence-electron chi connectivity index (χ4n) is 2.55. The van der Waals surface area contributed by atoms with Crippen LogP contribution in [-0.2, 0) is 35.1 Å². The molecule has 0 spiro atoms. The molecule has 3 rings (SSSR count). The molecule has 0 amide bonds. The van der Waals surface area contributed by atoms with Crippen LogP contribution in [0.1, 0.15) is 11.4 Å². The van der Waals surface area contributed by atoms with Crippen molar-refractivity contribution in [1.29, 1.82) is 0 Å². The molecule has 0 aliphatic rings. The van der Waals surface area contributed by atoms with Gasteiger partial charge in [-0.05, 0) is 17.7 Å². The van der Waals surface area contributed by atoms with Gasteiger partial charge in [-0.3, -0.25) is 4.18 Å². The first kappa shape index (κ1) is 18.1. The highest BCUT2D eigenvalue weighted by molar-refractivity contribution is 7.80. The van der Waals surface area contributed by atoms with Gasteiger partial charge in [0.2, 0.25) is 10.4 Å². The Morgan fingerprint density at radius 2 is 1.62 bits per heavy atom. The van der Waals surface area contributed by atoms with Gasteiger partial charge >= 0.3 is 0 Å². The first-order valence-corrected chi connectivity index (χ1v) is 8.64. The van der Waals surface area contributed by atoms with Gasteiger partial charge in [0.15, 0.2) is 11.0 Å². The summed E-state index contributed by atoms with van der Waals surface area (Å²) < 4.78 is 35.6. The molecule has 24 heavy (non-hydrogen) atoms. The SMILES string of the molecule is COS(=O)(=O)[O-].Cn1c(Cc2ccccc2)[n+](C)c2ccccc21. The second kappa shape index (κ2) is 7.57. The van der Waals surface area contributed by atoms with Crippen LogP contribution in [0.4, 0.5) is 0 Å². The van der Waals surface area contributed by atoms with Crippen molar-refractivity contribution in [2.45, 2.75) is 6.42 Å². The molecule has 0 saturated heterocycles. The first-order chi connectivity index (χ1) is 11.3. The molecule has 0 fully saturated rings. The molecule has 0 atom stereocenters. The number of imidazole rings is 1. The number of aromatic nitrogens is 2. The van der Waals surface area contributed by atoms with E-state index in [0.717, 1.165) is 13.5 Å². The lowest BCUT2D eigenvalue weighted by molar-refractivity contribution is -0.653. The van der Waals surface area contributed by atoms with Gasteiger partial charge in [0.05, 0.1) is 27.6 Å². The van der Waals surface area contributed by atoms with E-state index in [-0.39, 0.29) is 0 Å². The highest BCUT2D eigenvalue weighted by atomic mass is 32.3. The van der Waals surface area contributed by atoms with E-state index in [1.165, 1.54) is 22.4 Å². The largest absolute Gasteiger partial charge is 0.726 e. The molecular weight excluding hydrogens is 328 g/mol. The third-order valence-electron chi connectivity index (χ3n) is 3.79. The Morgan fingerprint density at radius 3 is 2.17 bits per heavy atom. The van der Waals surface area contributed by atoms with Crippen LogP contribution >= 0.6 is 0 Å². The van der Waals surface area contributed by atoms with Gasteiger partial charge in [0.25, 0.3) is 5.82 Å². The highest BCUT2D eigenvalue weighted by Gasteiger charge is 2.19. The molecule has 0 N–H and O–H groups in total. The van der Waals surface area contributed by atoms with Crippen molar-refractivity contribution in [2.75, 3.05) is 7.11 Å². The number of hydrogen-bond acceptors (Lipinski definition) is 4. The van der Waals surface area contributed by atoms with Crippen molar-refractivity contribution in [3.05, 3.63) is 66.0 Å². The molecular formula is C17H20N2O4S. The van der Waals surface area contributed by atoms with Gasteiger partial charge in [0.1, 0.15) is 0 Å². The molecule has 0 aliphatic carbocycles. The van der Waals surface area contributed by atoms with E-state index in [1.54, 1.807) is 0 Å². The standard InChI is InChI=1S/C16H17N2.CH4O4S/c1-17-14-10-6-7-11-15(14)18(2)16(17)12-13-8-4-3-5-9-13;1-5-6(2,3)4/h3-11H,12H2,1-2H3;1H3,(H,2,3,4)/q+1;/p-1. The maximum Gasteiger partial charge on any atom is 0.261 e. The van der Waals surface area contributed by atoms with Gasteiger partial charge in [-0.15, -0.1) is 0 Å². The van der Waals surface area contributed by atoms with Crippen LogP contribution in [-0.4, -0.2) is 24.6 Å². The maximum atomic E-state index is 9.22. The first-order valence-electron chi connectivity index (χ1n) is 7.31. The molecule has 0 unspecified atom stereocenters. The lowest BCUT2D eigenvalue weighted by atomic mass is 10.1. The van der Waals surface area contributed by atoms with Crippen LogP contribution in [0.3, 0.4) is 0 Å². The summed E-state index contributed by atoms with van der Waals surface area (Å²) in [5.74, 6) is 1.32. The van der Waals surface area contributed by atoms with E-state index in [0.29, 0.717) is 0 Å². The molecule has 0 aliphatic heterocycles. The number of nitrogens with zero attached hydrogens (tertiary/aromatic N) is 2. The smallest absolute Gasteiger partial charge is 0.261 e. The Bertz CT molecular complexity index is 879. The third kappa shape index (κ3) is 4.41. The Morgan fingerprint density at radius 1 is 1.08 bits per heavy atom. The second-order valence-corrected chi connectivity index (χ2v) is 6.41. The molecule has 0 radical (unpaired) electrons. The van der Waals surface area contributed by atoms with Crippen LogP contribution < -0.4 is 4.57 Å². The predicted molar refractivity (Wildman–Crippen MR) is 90.0 cm³/mol. The van der Waals surface area contributed by atoms with Crippen molar-refractivity contribution in [1.82, 2.24) is 4.57 Å². The zero-order chi connectivity index (χ0) is 17.7. The number of aryl methyl sites for hydroxylation is 2. The van der Waals surface area contributed by atoms with Crippen molar-refractivity contribution >= 4 is 21.4 Å². The zero-order valence-electron chi connectivity index (χ0n) is 13.8. The number of benzene rings is 2. The summed E-state index contributed by atoms with van der Waals surface area (Å²) in [6.07, 6.45) is 0.961. The molecule has 0 bridgehead atoms. The van der Waals surface area contributed by atoms with Gasteiger partial charge in [-0.1, -0.05) is 42.5 Å². The average Bonchev–Trinajstić information content (AvgIpc) is 2.81. The van der Waals surface area contributed by atoms with E-state index < -0.39 is 10.4 Å². The molecule has 0 saturated carbocycles. The Labute approximate surface area is 141 Å². The fraction of sp³-hybridized carbons (Fsp3) is 0.235. The van der Waals surface area contributed by atoms with Gasteiger partial charge in [-0.25, -0.2) is 17.6 Å². The quantitative estimate of drug-likeness (QED) is 0.410. The monoisotopic (exact) mass is 348 g/mol. The second-order valence-electron chi connectivity index (χ2n) is 5.26. The van der Waals surface area contributed by atoms with Crippen LogP contribution in [0.15, 0.2) is 54.6 Å². The third-order valence-corrected chi connectivity index (χ3v) is 4.20. The molecule has 1 aromatic heterocycles. The summed E-state index contributed by atoms with van der Waals surface area (Å²) in [6, 6.07) is 19.1. The van der Waals surface area contributed by atoms with Gasteiger partial charge < -0.3 is 4.55 Å². The Kier molecular flexibility index (Phi) is 5.71. The van der Waals surface area contributed by atoms with Crippen molar-refractivity contribution in [2.24, 2.45) is 14.1 Å². The lowest BCUT2D eigenvalue weighted by Gasteiger charge is -1.99. The fourth-order valence-corrected chi connectivity index (χ4v) is 2.55. The molecule has 3 aromatic rings. The van der Waals surface area contributed by atoms with Crippen molar-refractivity contribution < 1.29 is 21.7 Å². The normalized spacial score (nSPS) is 11.2. The minimum Gasteiger partial charge on any atom is -0.726 e. The lowest BCUT2D eigenvalue weighted by Crippen LogP contribution is -2.33. The van der Waals surface area contributed by atoms with Crippen molar-refractivity contribution in [3.63, 3.8) is 0 Å². The number of hydrogen-bond donors (Lipinski definition) is 0. The minimum atomic E-state index is -4.41. The average molecular weight is 348 g/mol. The summed E-state index contributed by atoms with van der Waals surface area (Å²) in [5.41, 5.74) is 3.91. The van der Waals surface area contributed by atoms with Gasteiger partial charge in [-0.2, -0.15) is 0 Å². The van der Waals surface area contributed by atoms with E-state index in [1.807, 2.05) is 0 Å². The minimum absolute atomic E-state index is 0.808. The van der Waals surface area contributed by atoms with Gasteiger partial charge in [0, 0.05) is 0 Å². The molecule has 2 aromatic carbocycles. The molecule has 1 heterocycles. The van der Waals surface area contributed by atoms with Crippen LogP contribution in [0.5, 0.6) is 0 Å². The molecule has 7 heteroatoms. The predicted octanol–water partition coefficient (Wildman–Crippen LogP) is 1.69. The summed E-state index contributed by atoms with van der Waals surface area (Å²) in [4.78, 5) is 0. The summed E-state index contributed by atoms with van der Waals surface area (Å²) in [6.45, 7) is 0. The number of fused-ring (bicyclic) bond motifs is 1.